The molecule has 114 valence electrons. The van der Waals surface area contributed by atoms with Crippen LogP contribution < -0.4 is 0 Å². The van der Waals surface area contributed by atoms with E-state index in [0.717, 1.165) is 31.3 Å². The van der Waals surface area contributed by atoms with Gasteiger partial charge in [-0.1, -0.05) is 45.1 Å². The van der Waals surface area contributed by atoms with Crippen LogP contribution in [0.15, 0.2) is 11.6 Å². The van der Waals surface area contributed by atoms with Crippen LogP contribution in [0.3, 0.4) is 0 Å². The zero-order valence-corrected chi connectivity index (χ0v) is 13.3. The Kier molecular flexibility index (Phi) is 6.97. The number of carbonyl (C=O) groups excluding carboxylic acids is 2. The predicted octanol–water partition coefficient (Wildman–Crippen LogP) is 3.92. The van der Waals surface area contributed by atoms with Crippen LogP contribution in [0.1, 0.15) is 59.8 Å². The predicted molar refractivity (Wildman–Crippen MR) is 80.3 cm³/mol. The highest BCUT2D eigenvalue weighted by atomic mass is 16.5. The van der Waals surface area contributed by atoms with Gasteiger partial charge in [0.25, 0.3) is 0 Å². The van der Waals surface area contributed by atoms with E-state index in [9.17, 15) is 9.59 Å². The van der Waals surface area contributed by atoms with Crippen LogP contribution in [-0.4, -0.2) is 18.4 Å². The third-order valence-electron chi connectivity index (χ3n) is 4.34. The van der Waals surface area contributed by atoms with Gasteiger partial charge in [0.05, 0.1) is 12.5 Å². The quantitative estimate of drug-likeness (QED) is 0.664. The highest BCUT2D eigenvalue weighted by molar-refractivity contribution is 5.94. The van der Waals surface area contributed by atoms with Crippen molar-refractivity contribution in [2.24, 2.45) is 17.8 Å². The third-order valence-corrected chi connectivity index (χ3v) is 4.34. The molecule has 0 saturated heterocycles. The lowest BCUT2D eigenvalue weighted by atomic mass is 9.69. The Labute approximate surface area is 122 Å². The first-order valence-electron chi connectivity index (χ1n) is 7.92. The molecule has 0 unspecified atom stereocenters. The summed E-state index contributed by atoms with van der Waals surface area (Å²) in [4.78, 5) is 24.1. The molecule has 0 heterocycles. The number of hydrogen-bond acceptors (Lipinski definition) is 3. The number of ketones is 1. The summed E-state index contributed by atoms with van der Waals surface area (Å²) < 4.78 is 5.23. The van der Waals surface area contributed by atoms with Gasteiger partial charge in [-0.15, -0.1) is 0 Å². The molecule has 0 aromatic rings. The molecule has 0 aliphatic heterocycles. The molecule has 0 fully saturated rings. The van der Waals surface area contributed by atoms with Crippen molar-refractivity contribution in [3.05, 3.63) is 11.6 Å². The minimum Gasteiger partial charge on any atom is -0.466 e. The van der Waals surface area contributed by atoms with Gasteiger partial charge in [0.1, 0.15) is 0 Å². The normalized spacial score (nSPS) is 24.2. The number of esters is 1. The van der Waals surface area contributed by atoms with E-state index in [4.69, 9.17) is 4.74 Å². The fraction of sp³-hybridized carbons (Fsp3) is 0.765. The van der Waals surface area contributed by atoms with E-state index in [1.165, 1.54) is 0 Å². The smallest absolute Gasteiger partial charge is 0.313 e. The van der Waals surface area contributed by atoms with E-state index in [-0.39, 0.29) is 23.6 Å². The molecule has 0 N–H and O–H groups in total. The fourth-order valence-corrected chi connectivity index (χ4v) is 3.31. The second-order valence-electron chi connectivity index (χ2n) is 5.76. The minimum absolute atomic E-state index is 0.114. The van der Waals surface area contributed by atoms with Crippen LogP contribution in [-0.2, 0) is 14.3 Å². The first-order valence-corrected chi connectivity index (χ1v) is 7.92. The van der Waals surface area contributed by atoms with Crippen molar-refractivity contribution in [3.8, 4) is 0 Å². The van der Waals surface area contributed by atoms with Crippen molar-refractivity contribution >= 4 is 11.8 Å². The van der Waals surface area contributed by atoms with E-state index in [1.54, 1.807) is 6.08 Å². The Balaban J connectivity index is 2.95. The minimum atomic E-state index is -0.227. The summed E-state index contributed by atoms with van der Waals surface area (Å²) in [5.41, 5.74) is 0.875. The van der Waals surface area contributed by atoms with E-state index in [0.29, 0.717) is 18.9 Å². The Hall–Kier alpha value is -1.12. The first kappa shape index (κ1) is 16.9. The number of allylic oxidation sites excluding steroid dienone is 1. The Bertz CT molecular complexity index is 370. The SMILES string of the molecule is CCCC[C@@H](CC)[C@H]1CC(=O)C=C(C)[C@@H]1C(=O)OCC. The maximum absolute atomic E-state index is 12.2. The van der Waals surface area contributed by atoms with Crippen LogP contribution >= 0.6 is 0 Å². The molecule has 0 aromatic heterocycles. The lowest BCUT2D eigenvalue weighted by molar-refractivity contribution is -0.149. The summed E-state index contributed by atoms with van der Waals surface area (Å²) in [5, 5.41) is 0. The lowest BCUT2D eigenvalue weighted by Crippen LogP contribution is -2.36. The molecule has 0 aromatic carbocycles. The summed E-state index contributed by atoms with van der Waals surface area (Å²) in [7, 11) is 0. The van der Waals surface area contributed by atoms with Crippen LogP contribution in [0.2, 0.25) is 0 Å². The zero-order valence-electron chi connectivity index (χ0n) is 13.3. The van der Waals surface area contributed by atoms with Crippen molar-refractivity contribution in [1.82, 2.24) is 0 Å². The monoisotopic (exact) mass is 280 g/mol. The summed E-state index contributed by atoms with van der Waals surface area (Å²) >= 11 is 0. The van der Waals surface area contributed by atoms with Crippen molar-refractivity contribution in [2.75, 3.05) is 6.61 Å². The molecule has 1 aliphatic rings. The highest BCUT2D eigenvalue weighted by Crippen LogP contribution is 2.38. The first-order chi connectivity index (χ1) is 9.54. The molecule has 0 bridgehead atoms. The number of unbranched alkanes of at least 4 members (excludes halogenated alkanes) is 1. The van der Waals surface area contributed by atoms with Crippen LogP contribution in [0, 0.1) is 17.8 Å². The molecule has 0 amide bonds. The third kappa shape index (κ3) is 4.19. The topological polar surface area (TPSA) is 43.4 Å². The number of hydrogen-bond donors (Lipinski definition) is 0. The van der Waals surface area contributed by atoms with Gasteiger partial charge >= 0.3 is 5.97 Å². The average Bonchev–Trinajstić information content (AvgIpc) is 2.39. The number of ether oxygens (including phenoxy) is 1. The standard InChI is InChI=1S/C17H28O3/c1-5-8-9-13(6-2)15-11-14(18)10-12(4)16(15)17(19)20-7-3/h10,13,15-16H,5-9,11H2,1-4H3/t13-,15-,16+/m1/s1. The molecule has 3 heteroatoms. The van der Waals surface area contributed by atoms with Gasteiger partial charge in [0.15, 0.2) is 5.78 Å². The van der Waals surface area contributed by atoms with E-state index >= 15 is 0 Å². The molecule has 1 rings (SSSR count). The molecule has 3 atom stereocenters. The van der Waals surface area contributed by atoms with Gasteiger partial charge in [-0.2, -0.15) is 0 Å². The number of carbonyl (C=O) groups is 2. The molecular formula is C17H28O3. The van der Waals surface area contributed by atoms with Crippen LogP contribution in [0.25, 0.3) is 0 Å². The van der Waals surface area contributed by atoms with E-state index in [2.05, 4.69) is 13.8 Å². The highest BCUT2D eigenvalue weighted by Gasteiger charge is 2.39. The molecule has 20 heavy (non-hydrogen) atoms. The maximum atomic E-state index is 12.2. The summed E-state index contributed by atoms with van der Waals surface area (Å²) in [6.07, 6.45) is 6.53. The molecule has 0 saturated carbocycles. The van der Waals surface area contributed by atoms with Crippen LogP contribution in [0.4, 0.5) is 0 Å². The zero-order chi connectivity index (χ0) is 15.1. The molecule has 3 nitrogen and oxygen atoms in total. The van der Waals surface area contributed by atoms with Crippen molar-refractivity contribution in [3.63, 3.8) is 0 Å². The van der Waals surface area contributed by atoms with Gasteiger partial charge in [0.2, 0.25) is 0 Å². The van der Waals surface area contributed by atoms with Gasteiger partial charge in [0, 0.05) is 6.42 Å². The van der Waals surface area contributed by atoms with Gasteiger partial charge < -0.3 is 4.74 Å². The lowest BCUT2D eigenvalue weighted by Gasteiger charge is -2.34. The molecule has 1 aliphatic carbocycles. The van der Waals surface area contributed by atoms with Crippen molar-refractivity contribution in [1.29, 1.82) is 0 Å². The molecule has 0 radical (unpaired) electrons. The van der Waals surface area contributed by atoms with Crippen molar-refractivity contribution in [2.45, 2.75) is 59.8 Å². The van der Waals surface area contributed by atoms with Gasteiger partial charge in [-0.05, 0) is 31.8 Å². The average molecular weight is 280 g/mol. The Morgan fingerprint density at radius 2 is 2.10 bits per heavy atom. The summed E-state index contributed by atoms with van der Waals surface area (Å²) in [6.45, 7) is 8.44. The fourth-order valence-electron chi connectivity index (χ4n) is 3.31. The van der Waals surface area contributed by atoms with E-state index < -0.39 is 0 Å². The van der Waals surface area contributed by atoms with Crippen LogP contribution in [0.5, 0.6) is 0 Å². The molecule has 0 spiro atoms. The van der Waals surface area contributed by atoms with Gasteiger partial charge in [-0.3, -0.25) is 9.59 Å². The summed E-state index contributed by atoms with van der Waals surface area (Å²) in [6, 6.07) is 0. The Morgan fingerprint density at radius 3 is 2.65 bits per heavy atom. The second-order valence-corrected chi connectivity index (χ2v) is 5.76. The largest absolute Gasteiger partial charge is 0.466 e. The second kappa shape index (κ2) is 8.23. The van der Waals surface area contributed by atoms with E-state index in [1.807, 2.05) is 13.8 Å². The molecular weight excluding hydrogens is 252 g/mol. The maximum Gasteiger partial charge on any atom is 0.313 e. The Morgan fingerprint density at radius 1 is 1.40 bits per heavy atom. The summed E-state index contributed by atoms with van der Waals surface area (Å²) in [5.74, 6) is 0.311. The number of rotatable bonds is 7. The van der Waals surface area contributed by atoms with Crippen molar-refractivity contribution < 1.29 is 14.3 Å². The van der Waals surface area contributed by atoms with Gasteiger partial charge in [-0.25, -0.2) is 0 Å².